The van der Waals surface area contributed by atoms with Gasteiger partial charge in [0.25, 0.3) is 0 Å². The molecule has 88 valence electrons. The third kappa shape index (κ3) is 3.46. The van der Waals surface area contributed by atoms with Crippen LogP contribution in [0.2, 0.25) is 0 Å². The summed E-state index contributed by atoms with van der Waals surface area (Å²) in [6, 6.07) is 0. The Labute approximate surface area is 93.3 Å². The van der Waals surface area contributed by atoms with E-state index in [9.17, 15) is 0 Å². The third-order valence-corrected chi connectivity index (χ3v) is 3.82. The van der Waals surface area contributed by atoms with Crippen molar-refractivity contribution in [2.24, 2.45) is 11.3 Å². The Morgan fingerprint density at radius 3 is 2.20 bits per heavy atom. The zero-order chi connectivity index (χ0) is 10.9. The van der Waals surface area contributed by atoms with Crippen LogP contribution in [-0.2, 0) is 9.47 Å². The largest absolute Gasteiger partial charge is 0.375 e. The summed E-state index contributed by atoms with van der Waals surface area (Å²) in [4.78, 5) is 0. The zero-order valence-electron chi connectivity index (χ0n) is 10.3. The predicted molar refractivity (Wildman–Crippen MR) is 60.9 cm³/mol. The minimum absolute atomic E-state index is 0.422. The summed E-state index contributed by atoms with van der Waals surface area (Å²) >= 11 is 0. The van der Waals surface area contributed by atoms with Gasteiger partial charge in [-0.1, -0.05) is 20.8 Å². The smallest absolute Gasteiger partial charge is 0.104 e. The summed E-state index contributed by atoms with van der Waals surface area (Å²) in [5.74, 6) is 0.884. The quantitative estimate of drug-likeness (QED) is 0.671. The van der Waals surface area contributed by atoms with Gasteiger partial charge in [-0.2, -0.15) is 0 Å². The Morgan fingerprint density at radius 2 is 1.73 bits per heavy atom. The molecule has 2 rings (SSSR count). The van der Waals surface area contributed by atoms with Crippen molar-refractivity contribution in [2.75, 3.05) is 13.2 Å². The first kappa shape index (κ1) is 11.4. The molecule has 15 heavy (non-hydrogen) atoms. The highest BCUT2D eigenvalue weighted by molar-refractivity contribution is 4.81. The normalized spacial score (nSPS) is 36.6. The van der Waals surface area contributed by atoms with Crippen LogP contribution < -0.4 is 0 Å². The van der Waals surface area contributed by atoms with E-state index in [1.807, 2.05) is 0 Å². The van der Waals surface area contributed by atoms with Crippen molar-refractivity contribution in [1.29, 1.82) is 0 Å². The van der Waals surface area contributed by atoms with Crippen LogP contribution in [0.3, 0.4) is 0 Å². The van der Waals surface area contributed by atoms with Gasteiger partial charge in [0.15, 0.2) is 0 Å². The van der Waals surface area contributed by atoms with Crippen LogP contribution in [0.4, 0.5) is 0 Å². The lowest BCUT2D eigenvalue weighted by atomic mass is 9.72. The standard InChI is InChI=1S/C13H24O2/c1-13(2,3)10-4-6-11(7-5-10)14-8-12-9-15-12/h10-12H,4-9H2,1-3H3/t10?,11?,12-/m1/s1. The number of rotatable bonds is 3. The van der Waals surface area contributed by atoms with Crippen LogP contribution in [0.1, 0.15) is 46.5 Å². The van der Waals surface area contributed by atoms with Gasteiger partial charge in [-0.05, 0) is 37.0 Å². The van der Waals surface area contributed by atoms with Gasteiger partial charge in [-0.15, -0.1) is 0 Å². The zero-order valence-corrected chi connectivity index (χ0v) is 10.3. The first-order valence-corrected chi connectivity index (χ1v) is 6.29. The maximum atomic E-state index is 5.84. The molecule has 0 radical (unpaired) electrons. The van der Waals surface area contributed by atoms with Crippen LogP contribution in [0.5, 0.6) is 0 Å². The molecular weight excluding hydrogens is 188 g/mol. The fourth-order valence-electron chi connectivity index (χ4n) is 2.50. The molecule has 2 nitrogen and oxygen atoms in total. The molecule has 1 saturated heterocycles. The van der Waals surface area contributed by atoms with Crippen LogP contribution in [0.15, 0.2) is 0 Å². The molecule has 0 aromatic heterocycles. The summed E-state index contributed by atoms with van der Waals surface area (Å²) < 4.78 is 11.0. The van der Waals surface area contributed by atoms with E-state index in [1.165, 1.54) is 25.7 Å². The van der Waals surface area contributed by atoms with Crippen molar-refractivity contribution in [1.82, 2.24) is 0 Å². The number of hydrogen-bond acceptors (Lipinski definition) is 2. The predicted octanol–water partition coefficient (Wildman–Crippen LogP) is 3.01. The Kier molecular flexibility index (Phi) is 3.36. The molecule has 1 heterocycles. The fraction of sp³-hybridized carbons (Fsp3) is 1.00. The van der Waals surface area contributed by atoms with E-state index in [4.69, 9.17) is 9.47 Å². The van der Waals surface area contributed by atoms with Crippen LogP contribution in [0.25, 0.3) is 0 Å². The van der Waals surface area contributed by atoms with Crippen molar-refractivity contribution in [3.63, 3.8) is 0 Å². The minimum atomic E-state index is 0.422. The van der Waals surface area contributed by atoms with E-state index >= 15 is 0 Å². The number of ether oxygens (including phenoxy) is 2. The topological polar surface area (TPSA) is 21.8 Å². The molecule has 0 amide bonds. The summed E-state index contributed by atoms with van der Waals surface area (Å²) in [6.07, 6.45) is 6.08. The first-order chi connectivity index (χ1) is 7.05. The SMILES string of the molecule is CC(C)(C)C1CCC(OC[C@@H]2CO2)CC1. The van der Waals surface area contributed by atoms with Crippen molar-refractivity contribution in [2.45, 2.75) is 58.7 Å². The van der Waals surface area contributed by atoms with E-state index in [2.05, 4.69) is 20.8 Å². The Balaban J connectivity index is 1.67. The second kappa shape index (κ2) is 4.42. The second-order valence-corrected chi connectivity index (χ2v) is 6.13. The first-order valence-electron chi connectivity index (χ1n) is 6.29. The molecule has 1 saturated carbocycles. The maximum absolute atomic E-state index is 5.84. The molecule has 0 bridgehead atoms. The van der Waals surface area contributed by atoms with Crippen molar-refractivity contribution >= 4 is 0 Å². The van der Waals surface area contributed by atoms with E-state index in [0.29, 0.717) is 17.6 Å². The molecule has 0 spiro atoms. The molecule has 2 aliphatic rings. The average Bonchev–Trinajstić information content (AvgIpc) is 2.97. The Morgan fingerprint density at radius 1 is 1.13 bits per heavy atom. The summed E-state index contributed by atoms with van der Waals surface area (Å²) in [5.41, 5.74) is 0.477. The third-order valence-electron chi connectivity index (χ3n) is 3.82. The minimum Gasteiger partial charge on any atom is -0.375 e. The van der Waals surface area contributed by atoms with Gasteiger partial charge >= 0.3 is 0 Å². The number of hydrogen-bond donors (Lipinski definition) is 0. The van der Waals surface area contributed by atoms with Crippen LogP contribution >= 0.6 is 0 Å². The molecule has 0 unspecified atom stereocenters. The summed E-state index contributed by atoms with van der Waals surface area (Å²) in [7, 11) is 0. The van der Waals surface area contributed by atoms with Crippen LogP contribution in [-0.4, -0.2) is 25.4 Å². The molecule has 2 heteroatoms. The lowest BCUT2D eigenvalue weighted by molar-refractivity contribution is -0.00245. The highest BCUT2D eigenvalue weighted by atomic mass is 16.6. The maximum Gasteiger partial charge on any atom is 0.104 e. The molecular formula is C13H24O2. The monoisotopic (exact) mass is 212 g/mol. The number of epoxide rings is 1. The van der Waals surface area contributed by atoms with Crippen LogP contribution in [0, 0.1) is 11.3 Å². The second-order valence-electron chi connectivity index (χ2n) is 6.13. The molecule has 0 aromatic rings. The van der Waals surface area contributed by atoms with Gasteiger partial charge in [0.2, 0.25) is 0 Å². The van der Waals surface area contributed by atoms with Gasteiger partial charge in [0.05, 0.1) is 19.3 Å². The van der Waals surface area contributed by atoms with Gasteiger partial charge in [-0.25, -0.2) is 0 Å². The molecule has 0 N–H and O–H groups in total. The Hall–Kier alpha value is -0.0800. The van der Waals surface area contributed by atoms with Gasteiger partial charge in [0.1, 0.15) is 6.10 Å². The molecule has 1 atom stereocenters. The molecule has 1 aliphatic heterocycles. The van der Waals surface area contributed by atoms with Crippen molar-refractivity contribution in [3.05, 3.63) is 0 Å². The van der Waals surface area contributed by atoms with E-state index in [0.717, 1.165) is 19.1 Å². The lowest BCUT2D eigenvalue weighted by Crippen LogP contribution is -2.29. The average molecular weight is 212 g/mol. The highest BCUT2D eigenvalue weighted by Gasteiger charge is 2.31. The molecule has 2 fully saturated rings. The van der Waals surface area contributed by atoms with Gasteiger partial charge in [0, 0.05) is 0 Å². The van der Waals surface area contributed by atoms with E-state index < -0.39 is 0 Å². The highest BCUT2D eigenvalue weighted by Crippen LogP contribution is 2.38. The van der Waals surface area contributed by atoms with Crippen molar-refractivity contribution in [3.8, 4) is 0 Å². The molecule has 0 aromatic carbocycles. The van der Waals surface area contributed by atoms with Crippen molar-refractivity contribution < 1.29 is 9.47 Å². The summed E-state index contributed by atoms with van der Waals surface area (Å²) in [5, 5.41) is 0. The van der Waals surface area contributed by atoms with E-state index in [1.54, 1.807) is 0 Å². The lowest BCUT2D eigenvalue weighted by Gasteiger charge is -2.36. The molecule has 1 aliphatic carbocycles. The summed E-state index contributed by atoms with van der Waals surface area (Å²) in [6.45, 7) is 8.81. The fourth-order valence-corrected chi connectivity index (χ4v) is 2.50. The van der Waals surface area contributed by atoms with E-state index in [-0.39, 0.29) is 0 Å². The van der Waals surface area contributed by atoms with Gasteiger partial charge in [-0.3, -0.25) is 0 Å². The van der Waals surface area contributed by atoms with Gasteiger partial charge < -0.3 is 9.47 Å². The Bertz CT molecular complexity index is 195.